The number of anilines is 1. The van der Waals surface area contributed by atoms with Crippen molar-refractivity contribution in [2.45, 2.75) is 32.2 Å². The lowest BCUT2D eigenvalue weighted by molar-refractivity contribution is 0.610. The fraction of sp³-hybridized carbons (Fsp3) is 0.294. The van der Waals surface area contributed by atoms with Gasteiger partial charge in [-0.2, -0.15) is 0 Å². The fourth-order valence-electron chi connectivity index (χ4n) is 2.86. The molecule has 20 heavy (non-hydrogen) atoms. The van der Waals surface area contributed by atoms with Crippen LogP contribution in [-0.4, -0.2) is 6.04 Å². The first-order valence-electron chi connectivity index (χ1n) is 6.92. The van der Waals surface area contributed by atoms with Crippen LogP contribution >= 0.6 is 31.9 Å². The molecule has 0 saturated carbocycles. The third-order valence-electron chi connectivity index (χ3n) is 3.88. The molecule has 2 aromatic rings. The third kappa shape index (κ3) is 2.94. The largest absolute Gasteiger partial charge is 0.380 e. The van der Waals surface area contributed by atoms with Gasteiger partial charge in [0.25, 0.3) is 0 Å². The minimum Gasteiger partial charge on any atom is -0.380 e. The van der Waals surface area contributed by atoms with Gasteiger partial charge in [0.05, 0.1) is 5.69 Å². The van der Waals surface area contributed by atoms with Crippen LogP contribution in [0.25, 0.3) is 0 Å². The van der Waals surface area contributed by atoms with Gasteiger partial charge in [-0.3, -0.25) is 0 Å². The zero-order chi connectivity index (χ0) is 14.1. The predicted octanol–water partition coefficient (Wildman–Crippen LogP) is 5.49. The Bertz CT molecular complexity index is 614. The van der Waals surface area contributed by atoms with E-state index in [1.54, 1.807) is 0 Å². The molecule has 1 N–H and O–H groups in total. The highest BCUT2D eigenvalue weighted by molar-refractivity contribution is 9.11. The van der Waals surface area contributed by atoms with Crippen molar-refractivity contribution in [2.75, 3.05) is 5.32 Å². The molecule has 3 rings (SSSR count). The van der Waals surface area contributed by atoms with E-state index in [2.05, 4.69) is 80.5 Å². The monoisotopic (exact) mass is 393 g/mol. The molecular weight excluding hydrogens is 378 g/mol. The Morgan fingerprint density at radius 2 is 1.70 bits per heavy atom. The maximum atomic E-state index is 3.69. The Morgan fingerprint density at radius 3 is 2.40 bits per heavy atom. The van der Waals surface area contributed by atoms with Gasteiger partial charge in [-0.05, 0) is 86.9 Å². The number of hydrogen-bond donors (Lipinski definition) is 1. The van der Waals surface area contributed by atoms with Crippen LogP contribution in [-0.2, 0) is 12.8 Å². The van der Waals surface area contributed by atoms with E-state index in [9.17, 15) is 0 Å². The maximum Gasteiger partial charge on any atom is 0.0631 e. The lowest BCUT2D eigenvalue weighted by Gasteiger charge is -2.27. The molecule has 1 aliphatic carbocycles. The van der Waals surface area contributed by atoms with Gasteiger partial charge >= 0.3 is 0 Å². The van der Waals surface area contributed by atoms with Crippen molar-refractivity contribution in [3.05, 3.63) is 62.0 Å². The first kappa shape index (κ1) is 14.2. The molecule has 2 aromatic carbocycles. The summed E-state index contributed by atoms with van der Waals surface area (Å²) in [6, 6.07) is 13.6. The van der Waals surface area contributed by atoms with Gasteiger partial charge < -0.3 is 5.32 Å². The lowest BCUT2D eigenvalue weighted by atomic mass is 9.88. The first-order chi connectivity index (χ1) is 9.63. The quantitative estimate of drug-likeness (QED) is 0.709. The topological polar surface area (TPSA) is 12.0 Å². The minimum atomic E-state index is 0.500. The van der Waals surface area contributed by atoms with Crippen LogP contribution in [0.1, 0.15) is 23.1 Å². The van der Waals surface area contributed by atoms with Crippen LogP contribution < -0.4 is 5.32 Å². The molecule has 0 saturated heterocycles. The average Bonchev–Trinajstić information content (AvgIpc) is 2.42. The number of rotatable bonds is 2. The second-order valence-electron chi connectivity index (χ2n) is 5.46. The van der Waals surface area contributed by atoms with E-state index in [0.717, 1.165) is 21.8 Å². The number of nitrogens with one attached hydrogen (secondary N) is 1. The van der Waals surface area contributed by atoms with Crippen molar-refractivity contribution >= 4 is 37.5 Å². The molecule has 1 atom stereocenters. The van der Waals surface area contributed by atoms with Gasteiger partial charge in [-0.15, -0.1) is 0 Å². The number of hydrogen-bond acceptors (Lipinski definition) is 1. The highest BCUT2D eigenvalue weighted by atomic mass is 79.9. The molecule has 0 aliphatic heterocycles. The van der Waals surface area contributed by atoms with Gasteiger partial charge in [-0.25, -0.2) is 0 Å². The first-order valence-corrected chi connectivity index (χ1v) is 8.51. The molecule has 0 heterocycles. The van der Waals surface area contributed by atoms with Gasteiger partial charge in [-0.1, -0.05) is 24.3 Å². The summed E-state index contributed by atoms with van der Waals surface area (Å²) in [5.74, 6) is 0. The Labute approximate surface area is 137 Å². The average molecular weight is 395 g/mol. The highest BCUT2D eigenvalue weighted by Crippen LogP contribution is 2.34. The summed E-state index contributed by atoms with van der Waals surface area (Å²) in [7, 11) is 0. The molecule has 1 aliphatic rings. The molecule has 1 nitrogen and oxygen atoms in total. The molecule has 0 bridgehead atoms. The standard InChI is InChI=1S/C17H17Br2N/c1-11-8-15(18)17(16(19)9-11)20-14-7-6-12-4-2-3-5-13(12)10-14/h2-5,8-9,14,20H,6-7,10H2,1H3. The molecule has 3 heteroatoms. The van der Waals surface area contributed by atoms with Crippen LogP contribution in [0.2, 0.25) is 0 Å². The van der Waals surface area contributed by atoms with Crippen molar-refractivity contribution in [2.24, 2.45) is 0 Å². The Morgan fingerprint density at radius 1 is 1.05 bits per heavy atom. The summed E-state index contributed by atoms with van der Waals surface area (Å²) >= 11 is 7.33. The van der Waals surface area contributed by atoms with E-state index in [1.807, 2.05) is 0 Å². The number of aryl methyl sites for hydroxylation is 2. The summed E-state index contributed by atoms with van der Waals surface area (Å²) in [5.41, 5.74) is 5.41. The third-order valence-corrected chi connectivity index (χ3v) is 5.13. The second-order valence-corrected chi connectivity index (χ2v) is 7.17. The summed E-state index contributed by atoms with van der Waals surface area (Å²) in [4.78, 5) is 0. The van der Waals surface area contributed by atoms with Crippen LogP contribution in [0.4, 0.5) is 5.69 Å². The van der Waals surface area contributed by atoms with Crippen LogP contribution in [0.5, 0.6) is 0 Å². The van der Waals surface area contributed by atoms with E-state index >= 15 is 0 Å². The van der Waals surface area contributed by atoms with E-state index in [4.69, 9.17) is 0 Å². The number of benzene rings is 2. The molecular formula is C17H17Br2N. The van der Waals surface area contributed by atoms with E-state index < -0.39 is 0 Å². The smallest absolute Gasteiger partial charge is 0.0631 e. The molecule has 0 fully saturated rings. The molecule has 0 spiro atoms. The normalized spacial score (nSPS) is 17.6. The fourth-order valence-corrected chi connectivity index (χ4v) is 4.51. The van der Waals surface area contributed by atoms with E-state index in [0.29, 0.717) is 6.04 Å². The Balaban J connectivity index is 1.80. The zero-order valence-corrected chi connectivity index (χ0v) is 14.6. The Hall–Kier alpha value is -0.800. The molecule has 0 radical (unpaired) electrons. The zero-order valence-electron chi connectivity index (χ0n) is 11.4. The van der Waals surface area contributed by atoms with Crippen molar-refractivity contribution in [1.29, 1.82) is 0 Å². The van der Waals surface area contributed by atoms with E-state index in [1.165, 1.54) is 28.8 Å². The second kappa shape index (κ2) is 5.90. The van der Waals surface area contributed by atoms with Crippen molar-refractivity contribution < 1.29 is 0 Å². The van der Waals surface area contributed by atoms with Crippen LogP contribution in [0, 0.1) is 6.92 Å². The lowest BCUT2D eigenvalue weighted by Crippen LogP contribution is -2.27. The van der Waals surface area contributed by atoms with E-state index in [-0.39, 0.29) is 0 Å². The van der Waals surface area contributed by atoms with Crippen molar-refractivity contribution in [1.82, 2.24) is 0 Å². The SMILES string of the molecule is Cc1cc(Br)c(NC2CCc3ccccc3C2)c(Br)c1. The number of halogens is 2. The van der Waals surface area contributed by atoms with Crippen LogP contribution in [0.15, 0.2) is 45.3 Å². The summed E-state index contributed by atoms with van der Waals surface area (Å²) in [6.45, 7) is 2.11. The summed E-state index contributed by atoms with van der Waals surface area (Å²) in [5, 5.41) is 3.69. The van der Waals surface area contributed by atoms with Crippen molar-refractivity contribution in [3.63, 3.8) is 0 Å². The van der Waals surface area contributed by atoms with Crippen molar-refractivity contribution in [3.8, 4) is 0 Å². The molecule has 104 valence electrons. The number of fused-ring (bicyclic) bond motifs is 1. The summed E-state index contributed by atoms with van der Waals surface area (Å²) < 4.78 is 2.26. The summed E-state index contributed by atoms with van der Waals surface area (Å²) in [6.07, 6.45) is 3.45. The van der Waals surface area contributed by atoms with Gasteiger partial charge in [0.2, 0.25) is 0 Å². The molecule has 1 unspecified atom stereocenters. The molecule has 0 amide bonds. The van der Waals surface area contributed by atoms with Crippen LogP contribution in [0.3, 0.4) is 0 Å². The maximum absolute atomic E-state index is 3.69. The molecule has 0 aromatic heterocycles. The minimum absolute atomic E-state index is 0.500. The predicted molar refractivity (Wildman–Crippen MR) is 92.5 cm³/mol. The Kier molecular flexibility index (Phi) is 4.18. The van der Waals surface area contributed by atoms with Gasteiger partial charge in [0.15, 0.2) is 0 Å². The highest BCUT2D eigenvalue weighted by Gasteiger charge is 2.19. The van der Waals surface area contributed by atoms with Gasteiger partial charge in [0.1, 0.15) is 0 Å². The van der Waals surface area contributed by atoms with Gasteiger partial charge in [0, 0.05) is 15.0 Å².